The molecule has 1 fully saturated rings. The maximum absolute atomic E-state index is 10.5. The number of nitriles is 1. The van der Waals surface area contributed by atoms with Gasteiger partial charge in [-0.1, -0.05) is 27.7 Å². The van der Waals surface area contributed by atoms with Gasteiger partial charge in [0.2, 0.25) is 0 Å². The number of carboxylic acid groups (broad SMARTS) is 1. The van der Waals surface area contributed by atoms with Crippen LogP contribution in [0.5, 0.6) is 0 Å². The van der Waals surface area contributed by atoms with E-state index in [1.807, 2.05) is 0 Å². The lowest BCUT2D eigenvalue weighted by Crippen LogP contribution is -2.59. The van der Waals surface area contributed by atoms with E-state index in [4.69, 9.17) is 10.4 Å². The first-order valence-corrected chi connectivity index (χ1v) is 7.94. The van der Waals surface area contributed by atoms with Crippen molar-refractivity contribution in [3.05, 3.63) is 23.8 Å². The molecule has 0 aromatic heterocycles. The van der Waals surface area contributed by atoms with E-state index in [2.05, 4.69) is 49.4 Å². The molecule has 0 aliphatic heterocycles. The van der Waals surface area contributed by atoms with Crippen molar-refractivity contribution >= 4 is 23.7 Å². The predicted molar refractivity (Wildman–Crippen MR) is 94.5 cm³/mol. The van der Waals surface area contributed by atoms with Gasteiger partial charge in [-0.3, -0.25) is 4.79 Å². The highest BCUT2D eigenvalue weighted by Crippen LogP contribution is 2.55. The molecule has 0 bridgehead atoms. The molecule has 0 saturated heterocycles. The van der Waals surface area contributed by atoms with Crippen LogP contribution in [0.4, 0.5) is 11.4 Å². The summed E-state index contributed by atoms with van der Waals surface area (Å²) in [5.41, 5.74) is 2.34. The monoisotopic (exact) mass is 328 g/mol. The van der Waals surface area contributed by atoms with Crippen molar-refractivity contribution in [2.24, 2.45) is 15.8 Å². The Morgan fingerprint density at radius 3 is 2.62 bits per heavy atom. The van der Waals surface area contributed by atoms with Crippen LogP contribution in [-0.2, 0) is 4.79 Å². The average molecular weight is 328 g/mol. The summed E-state index contributed by atoms with van der Waals surface area (Å²) in [4.78, 5) is 14.8. The fraction of sp³-hybridized carbons (Fsp3) is 0.500. The fourth-order valence-electron chi connectivity index (χ4n) is 3.93. The largest absolute Gasteiger partial charge is 0.480 e. The minimum atomic E-state index is -0.947. The van der Waals surface area contributed by atoms with E-state index < -0.39 is 5.97 Å². The van der Waals surface area contributed by atoms with E-state index >= 15 is 0 Å². The lowest BCUT2D eigenvalue weighted by molar-refractivity contribution is -0.135. The molecule has 1 aliphatic rings. The SMILES string of the molecule is CC1(C)CC(C)(C)C1Nc1cc(C#N)ccc1N=CNCC(=O)O. The standard InChI is InChI=1S/C18H24N4O2/c1-17(2)10-18(3,4)16(17)22-14-7-12(8-19)5-6-13(14)21-11-20-9-15(23)24/h5-7,11,16,22H,9-10H2,1-4H3,(H,20,21)(H,23,24). The highest BCUT2D eigenvalue weighted by atomic mass is 16.4. The Kier molecular flexibility index (Phi) is 4.83. The van der Waals surface area contributed by atoms with Crippen molar-refractivity contribution in [3.8, 4) is 6.07 Å². The van der Waals surface area contributed by atoms with Gasteiger partial charge < -0.3 is 15.7 Å². The van der Waals surface area contributed by atoms with Crippen LogP contribution in [0.15, 0.2) is 23.2 Å². The molecular formula is C18H24N4O2. The molecule has 2 rings (SSSR count). The van der Waals surface area contributed by atoms with Gasteiger partial charge in [-0.15, -0.1) is 0 Å². The second kappa shape index (κ2) is 6.52. The van der Waals surface area contributed by atoms with Crippen molar-refractivity contribution in [2.45, 2.75) is 40.2 Å². The van der Waals surface area contributed by atoms with Crippen LogP contribution in [0.25, 0.3) is 0 Å². The molecule has 24 heavy (non-hydrogen) atoms. The fourth-order valence-corrected chi connectivity index (χ4v) is 3.93. The van der Waals surface area contributed by atoms with E-state index in [-0.39, 0.29) is 23.4 Å². The highest BCUT2D eigenvalue weighted by molar-refractivity contribution is 5.76. The molecule has 0 spiro atoms. The Hall–Kier alpha value is -2.55. The van der Waals surface area contributed by atoms with Gasteiger partial charge in [-0.2, -0.15) is 5.26 Å². The normalized spacial score (nSPS) is 18.6. The second-order valence-corrected chi connectivity index (χ2v) is 7.61. The van der Waals surface area contributed by atoms with Gasteiger partial charge in [0.15, 0.2) is 0 Å². The predicted octanol–water partition coefficient (Wildman–Crippen LogP) is 3.13. The van der Waals surface area contributed by atoms with E-state index in [1.165, 1.54) is 6.34 Å². The number of aliphatic carboxylic acids is 1. The maximum Gasteiger partial charge on any atom is 0.322 e. The lowest BCUT2D eigenvalue weighted by atomic mass is 9.52. The van der Waals surface area contributed by atoms with Gasteiger partial charge in [-0.05, 0) is 35.4 Å². The zero-order valence-electron chi connectivity index (χ0n) is 14.6. The Balaban J connectivity index is 2.23. The summed E-state index contributed by atoms with van der Waals surface area (Å²) in [5.74, 6) is -0.947. The Bertz CT molecular complexity index is 687. The van der Waals surface area contributed by atoms with Gasteiger partial charge in [0.1, 0.15) is 6.54 Å². The molecule has 128 valence electrons. The van der Waals surface area contributed by atoms with Crippen molar-refractivity contribution < 1.29 is 9.90 Å². The first kappa shape index (κ1) is 17.8. The summed E-state index contributed by atoms with van der Waals surface area (Å²) in [6.07, 6.45) is 2.49. The third kappa shape index (κ3) is 3.85. The van der Waals surface area contributed by atoms with Gasteiger partial charge >= 0.3 is 5.97 Å². The van der Waals surface area contributed by atoms with Crippen LogP contribution in [0.3, 0.4) is 0 Å². The van der Waals surface area contributed by atoms with Crippen molar-refractivity contribution in [1.82, 2.24) is 5.32 Å². The van der Waals surface area contributed by atoms with Gasteiger partial charge in [0, 0.05) is 6.04 Å². The second-order valence-electron chi connectivity index (χ2n) is 7.61. The Morgan fingerprint density at radius 2 is 2.08 bits per heavy atom. The third-order valence-electron chi connectivity index (χ3n) is 4.45. The quantitative estimate of drug-likeness (QED) is 0.550. The van der Waals surface area contributed by atoms with E-state index in [0.717, 1.165) is 12.1 Å². The summed E-state index contributed by atoms with van der Waals surface area (Å²) in [6.45, 7) is 8.71. The Labute approximate surface area is 142 Å². The molecule has 0 atom stereocenters. The number of nitrogens with one attached hydrogen (secondary N) is 2. The molecule has 1 aromatic carbocycles. The van der Waals surface area contributed by atoms with Crippen LogP contribution in [0, 0.1) is 22.2 Å². The summed E-state index contributed by atoms with van der Waals surface area (Å²) in [7, 11) is 0. The molecule has 1 saturated carbocycles. The number of hydrogen-bond acceptors (Lipinski definition) is 4. The number of anilines is 1. The molecule has 1 aliphatic carbocycles. The number of carbonyl (C=O) groups is 1. The summed E-state index contributed by atoms with van der Waals surface area (Å²) in [6, 6.07) is 7.66. The minimum absolute atomic E-state index is 0.161. The molecule has 6 heteroatoms. The third-order valence-corrected chi connectivity index (χ3v) is 4.45. The molecule has 0 heterocycles. The number of rotatable bonds is 6. The molecule has 0 unspecified atom stereocenters. The first-order chi connectivity index (χ1) is 11.2. The number of hydrogen-bond donors (Lipinski definition) is 3. The van der Waals surface area contributed by atoms with Crippen LogP contribution in [0.1, 0.15) is 39.7 Å². The molecule has 0 amide bonds. The maximum atomic E-state index is 10.5. The van der Waals surface area contributed by atoms with Crippen molar-refractivity contribution in [1.29, 1.82) is 5.26 Å². The number of nitrogens with zero attached hydrogens (tertiary/aromatic N) is 2. The number of carboxylic acids is 1. The number of benzene rings is 1. The van der Waals surface area contributed by atoms with E-state index in [0.29, 0.717) is 11.3 Å². The molecule has 6 nitrogen and oxygen atoms in total. The molecule has 3 N–H and O–H groups in total. The van der Waals surface area contributed by atoms with Gasteiger partial charge in [-0.25, -0.2) is 4.99 Å². The van der Waals surface area contributed by atoms with Crippen LogP contribution in [-0.4, -0.2) is 30.0 Å². The topological polar surface area (TPSA) is 97.5 Å². The molecule has 1 aromatic rings. The Morgan fingerprint density at radius 1 is 1.42 bits per heavy atom. The summed E-state index contributed by atoms with van der Waals surface area (Å²) < 4.78 is 0. The smallest absolute Gasteiger partial charge is 0.322 e. The summed E-state index contributed by atoms with van der Waals surface area (Å²) >= 11 is 0. The zero-order chi connectivity index (χ0) is 18.0. The zero-order valence-corrected chi connectivity index (χ0v) is 14.6. The first-order valence-electron chi connectivity index (χ1n) is 7.94. The minimum Gasteiger partial charge on any atom is -0.480 e. The van der Waals surface area contributed by atoms with Gasteiger partial charge in [0.25, 0.3) is 0 Å². The van der Waals surface area contributed by atoms with Crippen LogP contribution >= 0.6 is 0 Å². The van der Waals surface area contributed by atoms with E-state index in [9.17, 15) is 4.79 Å². The molecule has 0 radical (unpaired) electrons. The van der Waals surface area contributed by atoms with Crippen LogP contribution < -0.4 is 10.6 Å². The lowest BCUT2D eigenvalue weighted by Gasteiger charge is -2.58. The van der Waals surface area contributed by atoms with E-state index in [1.54, 1.807) is 18.2 Å². The summed E-state index contributed by atoms with van der Waals surface area (Å²) in [5, 5.41) is 23.9. The highest BCUT2D eigenvalue weighted by Gasteiger charge is 2.52. The van der Waals surface area contributed by atoms with Crippen molar-refractivity contribution in [3.63, 3.8) is 0 Å². The average Bonchev–Trinajstić information content (AvgIpc) is 2.48. The van der Waals surface area contributed by atoms with Gasteiger partial charge in [0.05, 0.1) is 29.3 Å². The molecular weight excluding hydrogens is 304 g/mol. The number of aliphatic imine (C=N–C) groups is 1. The van der Waals surface area contributed by atoms with Crippen LogP contribution in [0.2, 0.25) is 0 Å². The van der Waals surface area contributed by atoms with Crippen molar-refractivity contribution in [2.75, 3.05) is 11.9 Å².